The highest BCUT2D eigenvalue weighted by Gasteiger charge is 2.17. The molecule has 0 aliphatic rings. The van der Waals surface area contributed by atoms with Gasteiger partial charge in [0, 0.05) is 6.20 Å². The maximum atomic E-state index is 12.2. The highest BCUT2D eigenvalue weighted by molar-refractivity contribution is 5.92. The zero-order chi connectivity index (χ0) is 14.5. The zero-order valence-electron chi connectivity index (χ0n) is 11.6. The van der Waals surface area contributed by atoms with Gasteiger partial charge >= 0.3 is 0 Å². The second-order valence-corrected chi connectivity index (χ2v) is 4.59. The van der Waals surface area contributed by atoms with E-state index in [1.807, 2.05) is 26.0 Å². The summed E-state index contributed by atoms with van der Waals surface area (Å²) in [5.74, 6) is 0.0916. The first-order valence-electron chi connectivity index (χ1n) is 6.56. The van der Waals surface area contributed by atoms with E-state index in [0.29, 0.717) is 11.5 Å². The van der Waals surface area contributed by atoms with E-state index in [-0.39, 0.29) is 11.9 Å². The van der Waals surface area contributed by atoms with Crippen molar-refractivity contribution >= 4 is 11.7 Å². The molecule has 2 heterocycles. The summed E-state index contributed by atoms with van der Waals surface area (Å²) in [4.78, 5) is 20.6. The standard InChI is InChI=1S/C15H18N4O/c1-3-11(14-10(2)6-5-9-17-14)19-15(20)12-7-4-8-13(16)18-12/h4-9,11H,3H2,1-2H3,(H2,16,18)(H,19,20)/t11-/m0/s1. The number of carbonyl (C=O) groups is 1. The van der Waals surface area contributed by atoms with Gasteiger partial charge in [-0.05, 0) is 37.1 Å². The van der Waals surface area contributed by atoms with Gasteiger partial charge in [-0.15, -0.1) is 0 Å². The van der Waals surface area contributed by atoms with Crippen molar-refractivity contribution in [2.45, 2.75) is 26.3 Å². The van der Waals surface area contributed by atoms with Crippen molar-refractivity contribution in [1.29, 1.82) is 0 Å². The van der Waals surface area contributed by atoms with Crippen molar-refractivity contribution in [3.05, 3.63) is 53.5 Å². The van der Waals surface area contributed by atoms with E-state index in [0.717, 1.165) is 17.7 Å². The van der Waals surface area contributed by atoms with Crippen LogP contribution in [0.2, 0.25) is 0 Å². The van der Waals surface area contributed by atoms with Crippen LogP contribution in [0.4, 0.5) is 5.82 Å². The van der Waals surface area contributed by atoms with Gasteiger partial charge in [-0.2, -0.15) is 0 Å². The quantitative estimate of drug-likeness (QED) is 0.892. The molecule has 0 radical (unpaired) electrons. The van der Waals surface area contributed by atoms with Crippen LogP contribution in [0.15, 0.2) is 36.5 Å². The largest absolute Gasteiger partial charge is 0.384 e. The fraction of sp³-hybridized carbons (Fsp3) is 0.267. The minimum absolute atomic E-state index is 0.132. The molecular weight excluding hydrogens is 252 g/mol. The van der Waals surface area contributed by atoms with Crippen molar-refractivity contribution in [1.82, 2.24) is 15.3 Å². The fourth-order valence-corrected chi connectivity index (χ4v) is 2.04. The van der Waals surface area contributed by atoms with Gasteiger partial charge in [-0.3, -0.25) is 9.78 Å². The number of nitrogens with two attached hydrogens (primary N) is 1. The van der Waals surface area contributed by atoms with Gasteiger partial charge in [0.05, 0.1) is 11.7 Å². The van der Waals surface area contributed by atoms with Gasteiger partial charge in [0.25, 0.3) is 5.91 Å². The summed E-state index contributed by atoms with van der Waals surface area (Å²) in [6.07, 6.45) is 2.49. The van der Waals surface area contributed by atoms with Crippen LogP contribution < -0.4 is 11.1 Å². The lowest BCUT2D eigenvalue weighted by Crippen LogP contribution is -2.30. The first-order chi connectivity index (χ1) is 9.61. The van der Waals surface area contributed by atoms with Gasteiger partial charge in [0.15, 0.2) is 0 Å². The summed E-state index contributed by atoms with van der Waals surface area (Å²) in [6.45, 7) is 3.99. The van der Waals surface area contributed by atoms with Crippen molar-refractivity contribution in [3.63, 3.8) is 0 Å². The van der Waals surface area contributed by atoms with Crippen molar-refractivity contribution in [2.75, 3.05) is 5.73 Å². The summed E-state index contributed by atoms with van der Waals surface area (Å²) in [6, 6.07) is 8.74. The molecule has 0 saturated heterocycles. The topological polar surface area (TPSA) is 80.9 Å². The maximum Gasteiger partial charge on any atom is 0.270 e. The van der Waals surface area contributed by atoms with E-state index in [9.17, 15) is 4.79 Å². The number of amides is 1. The number of carbonyl (C=O) groups excluding carboxylic acids is 1. The van der Waals surface area contributed by atoms with Crippen LogP contribution in [0.3, 0.4) is 0 Å². The highest BCUT2D eigenvalue weighted by atomic mass is 16.1. The molecule has 0 bridgehead atoms. The Morgan fingerprint density at radius 3 is 2.80 bits per heavy atom. The summed E-state index contributed by atoms with van der Waals surface area (Å²) in [7, 11) is 0. The average molecular weight is 270 g/mol. The number of anilines is 1. The molecule has 5 heteroatoms. The minimum atomic E-state index is -0.241. The lowest BCUT2D eigenvalue weighted by molar-refractivity contribution is 0.0929. The normalized spacial score (nSPS) is 11.9. The molecule has 2 aromatic rings. The molecule has 3 N–H and O–H groups in total. The first kappa shape index (κ1) is 14.0. The third-order valence-electron chi connectivity index (χ3n) is 3.10. The van der Waals surface area contributed by atoms with Crippen LogP contribution in [-0.4, -0.2) is 15.9 Å². The number of aromatic nitrogens is 2. The van der Waals surface area contributed by atoms with Gasteiger partial charge < -0.3 is 11.1 Å². The smallest absolute Gasteiger partial charge is 0.270 e. The average Bonchev–Trinajstić information content (AvgIpc) is 2.45. The van der Waals surface area contributed by atoms with Crippen LogP contribution in [0.25, 0.3) is 0 Å². The molecule has 5 nitrogen and oxygen atoms in total. The number of nitrogens with zero attached hydrogens (tertiary/aromatic N) is 2. The van der Waals surface area contributed by atoms with Crippen LogP contribution in [0, 0.1) is 6.92 Å². The number of rotatable bonds is 4. The second-order valence-electron chi connectivity index (χ2n) is 4.59. The van der Waals surface area contributed by atoms with E-state index in [2.05, 4.69) is 15.3 Å². The van der Waals surface area contributed by atoms with Gasteiger partial charge in [0.2, 0.25) is 0 Å². The molecule has 0 fully saturated rings. The van der Waals surface area contributed by atoms with Gasteiger partial charge in [-0.1, -0.05) is 19.1 Å². The summed E-state index contributed by atoms with van der Waals surface area (Å²) >= 11 is 0. The maximum absolute atomic E-state index is 12.2. The number of hydrogen-bond acceptors (Lipinski definition) is 4. The molecule has 0 aliphatic heterocycles. The molecule has 1 amide bonds. The van der Waals surface area contributed by atoms with Crippen molar-refractivity contribution < 1.29 is 4.79 Å². The van der Waals surface area contributed by atoms with Crippen LogP contribution in [-0.2, 0) is 0 Å². The van der Waals surface area contributed by atoms with Crippen LogP contribution >= 0.6 is 0 Å². The predicted octanol–water partition coefficient (Wildman–Crippen LogP) is 2.25. The molecule has 1 atom stereocenters. The SMILES string of the molecule is CC[C@H](NC(=O)c1cccc(N)n1)c1ncccc1C. The Balaban J connectivity index is 2.19. The van der Waals surface area contributed by atoms with Crippen LogP contribution in [0.5, 0.6) is 0 Å². The summed E-state index contributed by atoms with van der Waals surface area (Å²) < 4.78 is 0. The Hall–Kier alpha value is -2.43. The molecule has 0 saturated carbocycles. The lowest BCUT2D eigenvalue weighted by atomic mass is 10.1. The highest BCUT2D eigenvalue weighted by Crippen LogP contribution is 2.18. The number of hydrogen-bond donors (Lipinski definition) is 2. The Bertz CT molecular complexity index is 612. The van der Waals surface area contributed by atoms with E-state index in [1.54, 1.807) is 24.4 Å². The third kappa shape index (κ3) is 3.12. The predicted molar refractivity (Wildman–Crippen MR) is 78.1 cm³/mol. The summed E-state index contributed by atoms with van der Waals surface area (Å²) in [5.41, 5.74) is 7.85. The second kappa shape index (κ2) is 6.14. The Kier molecular flexibility index (Phi) is 4.30. The van der Waals surface area contributed by atoms with E-state index in [4.69, 9.17) is 5.73 Å². The van der Waals surface area contributed by atoms with Crippen molar-refractivity contribution in [3.8, 4) is 0 Å². The molecule has 2 aromatic heterocycles. The minimum Gasteiger partial charge on any atom is -0.384 e. The molecule has 2 rings (SSSR count). The number of pyridine rings is 2. The van der Waals surface area contributed by atoms with Crippen LogP contribution in [0.1, 0.15) is 41.1 Å². The van der Waals surface area contributed by atoms with Gasteiger partial charge in [0.1, 0.15) is 11.5 Å². The molecule has 0 unspecified atom stereocenters. The lowest BCUT2D eigenvalue weighted by Gasteiger charge is -2.18. The fourth-order valence-electron chi connectivity index (χ4n) is 2.04. The first-order valence-corrected chi connectivity index (χ1v) is 6.56. The van der Waals surface area contributed by atoms with E-state index in [1.165, 1.54) is 0 Å². The Morgan fingerprint density at radius 2 is 2.15 bits per heavy atom. The molecule has 0 aliphatic carbocycles. The molecule has 20 heavy (non-hydrogen) atoms. The third-order valence-corrected chi connectivity index (χ3v) is 3.10. The molecular formula is C15H18N4O. The van der Waals surface area contributed by atoms with Gasteiger partial charge in [-0.25, -0.2) is 4.98 Å². The van der Waals surface area contributed by atoms with Crippen molar-refractivity contribution in [2.24, 2.45) is 0 Å². The van der Waals surface area contributed by atoms with E-state index < -0.39 is 0 Å². The molecule has 0 aromatic carbocycles. The zero-order valence-corrected chi connectivity index (χ0v) is 11.6. The Labute approximate surface area is 118 Å². The molecule has 0 spiro atoms. The Morgan fingerprint density at radius 1 is 1.35 bits per heavy atom. The number of nitrogen functional groups attached to an aromatic ring is 1. The number of nitrogens with one attached hydrogen (secondary N) is 1. The van der Waals surface area contributed by atoms with E-state index >= 15 is 0 Å². The monoisotopic (exact) mass is 270 g/mol. The summed E-state index contributed by atoms with van der Waals surface area (Å²) in [5, 5.41) is 2.95. The number of aryl methyl sites for hydroxylation is 1. The molecule has 104 valence electrons.